The molecule has 0 amide bonds. The largest absolute Gasteiger partial charge is 0.367 e. The molecule has 1 heterocycles. The van der Waals surface area contributed by atoms with Crippen LogP contribution in [0.2, 0.25) is 0 Å². The highest BCUT2D eigenvalue weighted by molar-refractivity contribution is 5.48. The van der Waals surface area contributed by atoms with Gasteiger partial charge in [0.15, 0.2) is 0 Å². The molecule has 0 aliphatic heterocycles. The number of nitrogens with two attached hydrogens (primary N) is 1. The van der Waals surface area contributed by atoms with Gasteiger partial charge in [-0.1, -0.05) is 12.8 Å². The number of rotatable bonds is 5. The lowest BCUT2D eigenvalue weighted by atomic mass is 10.2. The zero-order valence-electron chi connectivity index (χ0n) is 11.2. The summed E-state index contributed by atoms with van der Waals surface area (Å²) in [7, 11) is 0. The highest BCUT2D eigenvalue weighted by Crippen LogP contribution is 2.22. The van der Waals surface area contributed by atoms with Crippen molar-refractivity contribution in [3.8, 4) is 0 Å². The predicted molar refractivity (Wildman–Crippen MR) is 74.8 cm³/mol. The van der Waals surface area contributed by atoms with Gasteiger partial charge in [-0.25, -0.2) is 9.97 Å². The van der Waals surface area contributed by atoms with Gasteiger partial charge in [-0.2, -0.15) is 0 Å². The van der Waals surface area contributed by atoms with E-state index in [9.17, 15) is 0 Å². The van der Waals surface area contributed by atoms with Crippen LogP contribution in [0.1, 0.15) is 38.4 Å². The van der Waals surface area contributed by atoms with E-state index in [1.165, 1.54) is 25.7 Å². The Labute approximate surface area is 109 Å². The molecule has 1 atom stereocenters. The van der Waals surface area contributed by atoms with Crippen LogP contribution in [0.4, 0.5) is 11.6 Å². The summed E-state index contributed by atoms with van der Waals surface area (Å²) in [5, 5.41) is 6.77. The Bertz CT molecular complexity index is 387. The molecule has 1 unspecified atom stereocenters. The molecule has 1 fully saturated rings. The van der Waals surface area contributed by atoms with Crippen LogP contribution in [0, 0.1) is 6.92 Å². The molecule has 18 heavy (non-hydrogen) atoms. The standard InChI is InChI=1S/C13H23N5/c1-9(8-14)15-12-7-13(17-10(2)16-12)18-11-5-3-4-6-11/h7,9,11H,3-6,8,14H2,1-2H3,(H2,15,16,17,18). The molecule has 1 aromatic heterocycles. The van der Waals surface area contributed by atoms with E-state index in [-0.39, 0.29) is 6.04 Å². The Kier molecular flexibility index (Phi) is 4.36. The molecule has 100 valence electrons. The van der Waals surface area contributed by atoms with Crippen LogP contribution < -0.4 is 16.4 Å². The maximum atomic E-state index is 5.61. The number of hydrogen-bond donors (Lipinski definition) is 3. The Balaban J connectivity index is 2.05. The van der Waals surface area contributed by atoms with Gasteiger partial charge in [-0.3, -0.25) is 0 Å². The highest BCUT2D eigenvalue weighted by atomic mass is 15.1. The normalized spacial score (nSPS) is 17.7. The molecule has 0 spiro atoms. The van der Waals surface area contributed by atoms with Gasteiger partial charge in [-0.15, -0.1) is 0 Å². The lowest BCUT2D eigenvalue weighted by Crippen LogP contribution is -2.26. The molecule has 2 rings (SSSR count). The van der Waals surface area contributed by atoms with Crippen molar-refractivity contribution in [3.05, 3.63) is 11.9 Å². The molecular weight excluding hydrogens is 226 g/mol. The van der Waals surface area contributed by atoms with Crippen molar-refractivity contribution in [1.82, 2.24) is 9.97 Å². The number of aromatic nitrogens is 2. The van der Waals surface area contributed by atoms with E-state index in [0.29, 0.717) is 12.6 Å². The van der Waals surface area contributed by atoms with E-state index in [0.717, 1.165) is 17.5 Å². The van der Waals surface area contributed by atoms with E-state index in [4.69, 9.17) is 5.73 Å². The zero-order chi connectivity index (χ0) is 13.0. The van der Waals surface area contributed by atoms with Crippen LogP contribution in [0.3, 0.4) is 0 Å². The predicted octanol–water partition coefficient (Wildman–Crippen LogP) is 1.90. The lowest BCUT2D eigenvalue weighted by Gasteiger charge is -2.16. The second-order valence-electron chi connectivity index (χ2n) is 5.09. The first kappa shape index (κ1) is 13.1. The Morgan fingerprint density at radius 3 is 2.67 bits per heavy atom. The summed E-state index contributed by atoms with van der Waals surface area (Å²) in [5.74, 6) is 2.55. The van der Waals surface area contributed by atoms with Crippen molar-refractivity contribution < 1.29 is 0 Å². The monoisotopic (exact) mass is 249 g/mol. The maximum absolute atomic E-state index is 5.61. The average molecular weight is 249 g/mol. The van der Waals surface area contributed by atoms with E-state index in [1.807, 2.05) is 19.9 Å². The SMILES string of the molecule is Cc1nc(NC(C)CN)cc(NC2CCCC2)n1. The third kappa shape index (κ3) is 3.57. The maximum Gasteiger partial charge on any atom is 0.132 e. The molecule has 0 aromatic carbocycles. The fourth-order valence-corrected chi connectivity index (χ4v) is 2.31. The van der Waals surface area contributed by atoms with Crippen LogP contribution in [0.5, 0.6) is 0 Å². The van der Waals surface area contributed by atoms with E-state index < -0.39 is 0 Å². The van der Waals surface area contributed by atoms with E-state index in [1.54, 1.807) is 0 Å². The van der Waals surface area contributed by atoms with E-state index >= 15 is 0 Å². The van der Waals surface area contributed by atoms with Crippen LogP contribution in [0.25, 0.3) is 0 Å². The summed E-state index contributed by atoms with van der Waals surface area (Å²) < 4.78 is 0. The first-order chi connectivity index (χ1) is 8.67. The summed E-state index contributed by atoms with van der Waals surface area (Å²) in [6, 6.07) is 2.76. The lowest BCUT2D eigenvalue weighted by molar-refractivity contribution is 0.747. The van der Waals surface area contributed by atoms with Crippen LogP contribution in [-0.2, 0) is 0 Å². The van der Waals surface area contributed by atoms with Crippen LogP contribution >= 0.6 is 0 Å². The summed E-state index contributed by atoms with van der Waals surface area (Å²) in [5.41, 5.74) is 5.61. The van der Waals surface area contributed by atoms with Gasteiger partial charge in [0.2, 0.25) is 0 Å². The molecule has 4 N–H and O–H groups in total. The number of hydrogen-bond acceptors (Lipinski definition) is 5. The first-order valence-electron chi connectivity index (χ1n) is 6.76. The first-order valence-corrected chi connectivity index (χ1v) is 6.76. The molecule has 0 radical (unpaired) electrons. The summed E-state index contributed by atoms with van der Waals surface area (Å²) in [4.78, 5) is 8.82. The highest BCUT2D eigenvalue weighted by Gasteiger charge is 2.15. The van der Waals surface area contributed by atoms with Crippen LogP contribution in [0.15, 0.2) is 6.07 Å². The van der Waals surface area contributed by atoms with Crippen molar-refractivity contribution >= 4 is 11.6 Å². The van der Waals surface area contributed by atoms with Gasteiger partial charge in [-0.05, 0) is 26.7 Å². The smallest absolute Gasteiger partial charge is 0.132 e. The minimum Gasteiger partial charge on any atom is -0.367 e. The van der Waals surface area contributed by atoms with Gasteiger partial charge in [0.25, 0.3) is 0 Å². The summed E-state index contributed by atoms with van der Waals surface area (Å²) >= 11 is 0. The molecule has 1 aromatic rings. The molecule has 0 bridgehead atoms. The number of anilines is 2. The van der Waals surface area contributed by atoms with Gasteiger partial charge < -0.3 is 16.4 Å². The minimum atomic E-state index is 0.221. The number of nitrogens with one attached hydrogen (secondary N) is 2. The minimum absolute atomic E-state index is 0.221. The number of aryl methyl sites for hydroxylation is 1. The second kappa shape index (κ2) is 6.00. The third-order valence-electron chi connectivity index (χ3n) is 3.29. The van der Waals surface area contributed by atoms with Crippen molar-refractivity contribution in [2.45, 2.75) is 51.6 Å². The molecule has 1 aliphatic rings. The topological polar surface area (TPSA) is 75.9 Å². The summed E-state index contributed by atoms with van der Waals surface area (Å²) in [6.45, 7) is 4.55. The van der Waals surface area contributed by atoms with Crippen LogP contribution in [-0.4, -0.2) is 28.6 Å². The molecule has 5 heteroatoms. The fraction of sp³-hybridized carbons (Fsp3) is 0.692. The molecule has 1 aliphatic carbocycles. The molecule has 5 nitrogen and oxygen atoms in total. The Hall–Kier alpha value is -1.36. The van der Waals surface area contributed by atoms with Crippen molar-refractivity contribution in [1.29, 1.82) is 0 Å². The Morgan fingerprint density at radius 2 is 2.00 bits per heavy atom. The third-order valence-corrected chi connectivity index (χ3v) is 3.29. The van der Waals surface area contributed by atoms with Crippen molar-refractivity contribution in [2.75, 3.05) is 17.2 Å². The van der Waals surface area contributed by atoms with Gasteiger partial charge in [0.1, 0.15) is 17.5 Å². The fourth-order valence-electron chi connectivity index (χ4n) is 2.31. The molecule has 0 saturated heterocycles. The summed E-state index contributed by atoms with van der Waals surface area (Å²) in [6.07, 6.45) is 5.12. The van der Waals surface area contributed by atoms with Crippen molar-refractivity contribution in [3.63, 3.8) is 0 Å². The molecule has 1 saturated carbocycles. The average Bonchev–Trinajstić information content (AvgIpc) is 2.80. The van der Waals surface area contributed by atoms with Gasteiger partial charge >= 0.3 is 0 Å². The second-order valence-corrected chi connectivity index (χ2v) is 5.09. The van der Waals surface area contributed by atoms with E-state index in [2.05, 4.69) is 20.6 Å². The Morgan fingerprint density at radius 1 is 1.33 bits per heavy atom. The van der Waals surface area contributed by atoms with Crippen molar-refractivity contribution in [2.24, 2.45) is 5.73 Å². The quantitative estimate of drug-likeness (QED) is 0.743. The molecular formula is C13H23N5. The van der Waals surface area contributed by atoms with Gasteiger partial charge in [0.05, 0.1) is 0 Å². The zero-order valence-corrected chi connectivity index (χ0v) is 11.2. The van der Waals surface area contributed by atoms with Gasteiger partial charge in [0, 0.05) is 24.7 Å². The number of nitrogens with zero attached hydrogens (tertiary/aromatic N) is 2.